The number of ether oxygens (including phenoxy) is 1. The number of rotatable bonds is 6. The predicted octanol–water partition coefficient (Wildman–Crippen LogP) is 3.85. The Balaban J connectivity index is 2.20. The van der Waals surface area contributed by atoms with Gasteiger partial charge in [0.1, 0.15) is 5.56 Å². The van der Waals surface area contributed by atoms with Crippen molar-refractivity contribution in [3.63, 3.8) is 0 Å². The Morgan fingerprint density at radius 1 is 1.23 bits per heavy atom. The van der Waals surface area contributed by atoms with Crippen LogP contribution in [0.1, 0.15) is 24.2 Å². The fraction of sp³-hybridized carbons (Fsp3) is 0.222. The van der Waals surface area contributed by atoms with Gasteiger partial charge >= 0.3 is 5.97 Å². The van der Waals surface area contributed by atoms with E-state index in [9.17, 15) is 19.7 Å². The number of carbonyl (C=O) groups excluding carboxylic acids is 2. The molecule has 0 saturated carbocycles. The third kappa shape index (κ3) is 4.37. The van der Waals surface area contributed by atoms with Gasteiger partial charge in [0.15, 0.2) is 6.10 Å². The first-order valence-electron chi connectivity index (χ1n) is 7.86. The molecule has 1 atom stereocenters. The highest BCUT2D eigenvalue weighted by Crippen LogP contribution is 2.24. The van der Waals surface area contributed by atoms with Gasteiger partial charge in [-0.2, -0.15) is 0 Å². The van der Waals surface area contributed by atoms with E-state index in [1.807, 2.05) is 6.07 Å². The number of likely N-dealkylation sites (N-methyl/N-ethyl adjacent to an activating group) is 1. The summed E-state index contributed by atoms with van der Waals surface area (Å²) in [6.45, 7) is 3.59. The average Bonchev–Trinajstić information content (AvgIpc) is 2.62. The average molecular weight is 377 g/mol. The smallest absolute Gasteiger partial charge is 0.345 e. The van der Waals surface area contributed by atoms with E-state index in [0.717, 1.165) is 12.1 Å². The van der Waals surface area contributed by atoms with Crippen LogP contribution >= 0.6 is 11.6 Å². The van der Waals surface area contributed by atoms with E-state index in [1.54, 1.807) is 31.2 Å². The lowest BCUT2D eigenvalue weighted by Crippen LogP contribution is -2.40. The molecule has 0 aliphatic heterocycles. The summed E-state index contributed by atoms with van der Waals surface area (Å²) < 4.78 is 5.16. The molecule has 0 unspecified atom stereocenters. The number of nitro groups is 1. The molecule has 0 fully saturated rings. The highest BCUT2D eigenvalue weighted by Gasteiger charge is 2.28. The van der Waals surface area contributed by atoms with Crippen molar-refractivity contribution in [3.8, 4) is 0 Å². The van der Waals surface area contributed by atoms with Gasteiger partial charge in [-0.25, -0.2) is 4.79 Å². The molecular formula is C18H17ClN2O5. The number of hydrogen-bond donors (Lipinski definition) is 0. The first-order chi connectivity index (χ1) is 12.3. The number of nitrogens with zero attached hydrogens (tertiary/aromatic N) is 2. The van der Waals surface area contributed by atoms with Crippen LogP contribution < -0.4 is 4.90 Å². The zero-order valence-corrected chi connectivity index (χ0v) is 15.0. The van der Waals surface area contributed by atoms with Gasteiger partial charge in [0, 0.05) is 23.3 Å². The van der Waals surface area contributed by atoms with Gasteiger partial charge < -0.3 is 9.64 Å². The van der Waals surface area contributed by atoms with Crippen LogP contribution in [0, 0.1) is 10.1 Å². The van der Waals surface area contributed by atoms with E-state index in [4.69, 9.17) is 16.3 Å². The first-order valence-corrected chi connectivity index (χ1v) is 8.24. The van der Waals surface area contributed by atoms with Crippen molar-refractivity contribution < 1.29 is 19.2 Å². The van der Waals surface area contributed by atoms with Gasteiger partial charge in [-0.05, 0) is 38.1 Å². The van der Waals surface area contributed by atoms with Crippen molar-refractivity contribution in [2.45, 2.75) is 20.0 Å². The third-order valence-electron chi connectivity index (χ3n) is 3.66. The second-order valence-corrected chi connectivity index (χ2v) is 5.82. The molecule has 0 radical (unpaired) electrons. The summed E-state index contributed by atoms with van der Waals surface area (Å²) in [5, 5.41) is 11.2. The maximum absolute atomic E-state index is 12.6. The van der Waals surface area contributed by atoms with Crippen molar-refractivity contribution in [1.82, 2.24) is 0 Å². The number of carbonyl (C=O) groups is 2. The van der Waals surface area contributed by atoms with Gasteiger partial charge in [0.05, 0.1) is 4.92 Å². The second-order valence-electron chi connectivity index (χ2n) is 5.38. The fourth-order valence-corrected chi connectivity index (χ4v) is 2.57. The summed E-state index contributed by atoms with van der Waals surface area (Å²) in [4.78, 5) is 36.8. The van der Waals surface area contributed by atoms with Crippen LogP contribution in [0.2, 0.25) is 5.02 Å². The molecule has 0 aliphatic carbocycles. The lowest BCUT2D eigenvalue weighted by molar-refractivity contribution is -0.385. The predicted molar refractivity (Wildman–Crippen MR) is 97.5 cm³/mol. The highest BCUT2D eigenvalue weighted by molar-refractivity contribution is 6.31. The number of anilines is 1. The van der Waals surface area contributed by atoms with E-state index < -0.39 is 28.6 Å². The Hall–Kier alpha value is -2.93. The van der Waals surface area contributed by atoms with E-state index >= 15 is 0 Å². The summed E-state index contributed by atoms with van der Waals surface area (Å²) in [6, 6.07) is 12.5. The summed E-state index contributed by atoms with van der Waals surface area (Å²) in [5.74, 6) is -1.42. The molecule has 136 valence electrons. The summed E-state index contributed by atoms with van der Waals surface area (Å²) in [5.41, 5.74) is -0.0731. The van der Waals surface area contributed by atoms with E-state index in [1.165, 1.54) is 17.9 Å². The number of hydrogen-bond acceptors (Lipinski definition) is 5. The van der Waals surface area contributed by atoms with Crippen LogP contribution in [-0.2, 0) is 9.53 Å². The molecule has 2 aromatic carbocycles. The van der Waals surface area contributed by atoms with Crippen LogP contribution in [0.4, 0.5) is 11.4 Å². The van der Waals surface area contributed by atoms with Gasteiger partial charge in [-0.1, -0.05) is 29.8 Å². The Kier molecular flexibility index (Phi) is 6.30. The first kappa shape index (κ1) is 19.4. The molecule has 0 heterocycles. The lowest BCUT2D eigenvalue weighted by Gasteiger charge is -2.24. The molecule has 1 amide bonds. The molecule has 0 N–H and O–H groups in total. The zero-order chi connectivity index (χ0) is 19.3. The number of nitro benzene ring substituents is 1. The monoisotopic (exact) mass is 376 g/mol. The summed E-state index contributed by atoms with van der Waals surface area (Å²) in [7, 11) is 0. The minimum Gasteiger partial charge on any atom is -0.449 e. The highest BCUT2D eigenvalue weighted by atomic mass is 35.5. The lowest BCUT2D eigenvalue weighted by atomic mass is 10.2. The minimum atomic E-state index is -1.12. The Morgan fingerprint density at radius 3 is 2.46 bits per heavy atom. The number of para-hydroxylation sites is 1. The van der Waals surface area contributed by atoms with E-state index in [0.29, 0.717) is 12.2 Å². The molecule has 26 heavy (non-hydrogen) atoms. The quantitative estimate of drug-likeness (QED) is 0.434. The summed E-state index contributed by atoms with van der Waals surface area (Å²) >= 11 is 5.81. The van der Waals surface area contributed by atoms with Crippen LogP contribution in [0.3, 0.4) is 0 Å². The van der Waals surface area contributed by atoms with E-state index in [-0.39, 0.29) is 10.6 Å². The molecule has 0 spiro atoms. The topological polar surface area (TPSA) is 89.8 Å². The van der Waals surface area contributed by atoms with Gasteiger partial charge in [-0.15, -0.1) is 0 Å². The van der Waals surface area contributed by atoms with Crippen molar-refractivity contribution in [3.05, 3.63) is 69.2 Å². The van der Waals surface area contributed by atoms with Crippen LogP contribution in [0.15, 0.2) is 48.5 Å². The Morgan fingerprint density at radius 2 is 1.88 bits per heavy atom. The number of benzene rings is 2. The number of amides is 1. The SMILES string of the molecule is CCN(C(=O)[C@@H](C)OC(=O)c1cc(Cl)ccc1[N+](=O)[O-])c1ccccc1. The largest absolute Gasteiger partial charge is 0.449 e. The maximum atomic E-state index is 12.6. The number of halogens is 1. The molecule has 0 bridgehead atoms. The molecule has 0 aromatic heterocycles. The minimum absolute atomic E-state index is 0.154. The molecule has 7 nitrogen and oxygen atoms in total. The zero-order valence-electron chi connectivity index (χ0n) is 14.2. The maximum Gasteiger partial charge on any atom is 0.345 e. The van der Waals surface area contributed by atoms with Crippen molar-refractivity contribution in [2.24, 2.45) is 0 Å². The molecule has 2 rings (SSSR count). The third-order valence-corrected chi connectivity index (χ3v) is 3.89. The van der Waals surface area contributed by atoms with Gasteiger partial charge in [-0.3, -0.25) is 14.9 Å². The molecule has 8 heteroatoms. The standard InChI is InChI=1S/C18H17ClN2O5/c1-3-20(14-7-5-4-6-8-14)17(22)12(2)26-18(23)15-11-13(19)9-10-16(15)21(24)25/h4-12H,3H2,1-2H3/t12-/m1/s1. The van der Waals surface area contributed by atoms with Crippen LogP contribution in [0.25, 0.3) is 0 Å². The number of esters is 1. The van der Waals surface area contributed by atoms with Gasteiger partial charge in [0.2, 0.25) is 0 Å². The van der Waals surface area contributed by atoms with E-state index in [2.05, 4.69) is 0 Å². The molecule has 0 saturated heterocycles. The Bertz CT molecular complexity index is 826. The normalized spacial score (nSPS) is 11.5. The molecular weight excluding hydrogens is 360 g/mol. The van der Waals surface area contributed by atoms with Gasteiger partial charge in [0.25, 0.3) is 11.6 Å². The van der Waals surface area contributed by atoms with Crippen LogP contribution in [0.5, 0.6) is 0 Å². The van der Waals surface area contributed by atoms with Crippen molar-refractivity contribution in [2.75, 3.05) is 11.4 Å². The Labute approximate surface area is 155 Å². The van der Waals surface area contributed by atoms with Crippen molar-refractivity contribution >= 4 is 34.9 Å². The second kappa shape index (κ2) is 8.44. The summed E-state index contributed by atoms with van der Waals surface area (Å²) in [6.07, 6.45) is -1.12. The van der Waals surface area contributed by atoms with Crippen LogP contribution in [-0.4, -0.2) is 29.4 Å². The fourth-order valence-electron chi connectivity index (χ4n) is 2.40. The molecule has 0 aliphatic rings. The van der Waals surface area contributed by atoms with Crippen molar-refractivity contribution in [1.29, 1.82) is 0 Å². The molecule has 2 aromatic rings.